The molecule has 0 aliphatic carbocycles. The van der Waals surface area contributed by atoms with Gasteiger partial charge in [-0.25, -0.2) is 4.79 Å². The molecule has 204 valence electrons. The van der Waals surface area contributed by atoms with Crippen molar-refractivity contribution in [3.8, 4) is 0 Å². The van der Waals surface area contributed by atoms with E-state index in [9.17, 15) is 4.79 Å². The van der Waals surface area contributed by atoms with Crippen molar-refractivity contribution < 1.29 is 14.3 Å². The van der Waals surface area contributed by atoms with E-state index >= 15 is 0 Å². The van der Waals surface area contributed by atoms with Crippen LogP contribution >= 0.6 is 0 Å². The highest BCUT2D eigenvalue weighted by Crippen LogP contribution is 2.34. The fraction of sp³-hybridized carbons (Fsp3) is 0.793. The lowest BCUT2D eigenvalue weighted by molar-refractivity contribution is -0.149. The minimum absolute atomic E-state index is 0.00856. The summed E-state index contributed by atoms with van der Waals surface area (Å²) in [6.45, 7) is 27.2. The summed E-state index contributed by atoms with van der Waals surface area (Å²) in [7, 11) is 0. The van der Waals surface area contributed by atoms with Crippen LogP contribution in [-0.4, -0.2) is 29.9 Å². The third-order valence-corrected chi connectivity index (χ3v) is 5.96. The Balaban J connectivity index is 5.88. The van der Waals surface area contributed by atoms with E-state index in [2.05, 4.69) is 39.9 Å². The van der Waals surface area contributed by atoms with E-state index in [4.69, 9.17) is 20.2 Å². The Labute approximate surface area is 216 Å². The molecule has 0 amide bonds. The Bertz CT molecular complexity index is 754. The molecule has 0 saturated carbocycles. The number of allylic oxidation sites excluding steroid dienone is 3. The van der Waals surface area contributed by atoms with Crippen LogP contribution in [0.15, 0.2) is 28.3 Å². The molecule has 35 heavy (non-hydrogen) atoms. The molecule has 0 radical (unpaired) electrons. The van der Waals surface area contributed by atoms with Gasteiger partial charge in [0.2, 0.25) is 0 Å². The van der Waals surface area contributed by atoms with Gasteiger partial charge in [-0.2, -0.15) is 0 Å². The molecule has 0 aliphatic heterocycles. The Hall–Kier alpha value is -1.98. The van der Waals surface area contributed by atoms with Crippen LogP contribution in [0.5, 0.6) is 0 Å². The third-order valence-electron chi connectivity index (χ3n) is 5.96. The van der Waals surface area contributed by atoms with E-state index in [1.807, 2.05) is 61.5 Å². The number of nitrogens with one attached hydrogen (secondary N) is 1. The normalized spacial score (nSPS) is 17.0. The van der Waals surface area contributed by atoms with Crippen LogP contribution < -0.4 is 11.1 Å². The van der Waals surface area contributed by atoms with E-state index in [0.717, 1.165) is 36.4 Å². The Morgan fingerprint density at radius 2 is 1.66 bits per heavy atom. The number of hydrogen-bond donors (Lipinski definition) is 2. The number of hydrogen-bond acceptors (Lipinski definition) is 6. The summed E-state index contributed by atoms with van der Waals surface area (Å²) in [5.41, 5.74) is 8.31. The molecule has 0 aromatic heterocycles. The lowest BCUT2D eigenvalue weighted by Crippen LogP contribution is -2.45. The molecule has 0 aromatic rings. The van der Waals surface area contributed by atoms with E-state index in [0.29, 0.717) is 18.4 Å². The van der Waals surface area contributed by atoms with E-state index < -0.39 is 6.04 Å². The van der Waals surface area contributed by atoms with Crippen molar-refractivity contribution >= 4 is 11.7 Å². The lowest BCUT2D eigenvalue weighted by atomic mass is 9.75. The highest BCUT2D eigenvalue weighted by Gasteiger charge is 2.34. The van der Waals surface area contributed by atoms with Crippen LogP contribution in [0, 0.1) is 23.2 Å². The molecular weight excluding hydrogens is 438 g/mol. The largest absolute Gasteiger partial charge is 0.474 e. The summed E-state index contributed by atoms with van der Waals surface area (Å²) in [5, 5.41) is 3.35. The summed E-state index contributed by atoms with van der Waals surface area (Å²) < 4.78 is 11.7. The summed E-state index contributed by atoms with van der Waals surface area (Å²) in [6.07, 6.45) is 4.53. The average Bonchev–Trinajstić information content (AvgIpc) is 2.71. The molecule has 0 fully saturated rings. The second kappa shape index (κ2) is 14.5. The molecule has 0 rings (SSSR count). The van der Waals surface area contributed by atoms with Gasteiger partial charge in [0.25, 0.3) is 0 Å². The van der Waals surface area contributed by atoms with Crippen molar-refractivity contribution in [2.24, 2.45) is 33.9 Å². The van der Waals surface area contributed by atoms with Crippen LogP contribution in [0.2, 0.25) is 0 Å². The van der Waals surface area contributed by atoms with Gasteiger partial charge in [0.15, 0.2) is 5.88 Å². The number of rotatable bonds is 14. The van der Waals surface area contributed by atoms with Crippen LogP contribution in [0.25, 0.3) is 0 Å². The number of ether oxygens (including phenoxy) is 2. The van der Waals surface area contributed by atoms with Gasteiger partial charge in [0.05, 0.1) is 12.3 Å². The summed E-state index contributed by atoms with van der Waals surface area (Å²) in [4.78, 5) is 18.1. The van der Waals surface area contributed by atoms with Gasteiger partial charge in [-0.3, -0.25) is 4.99 Å². The Kier molecular flexibility index (Phi) is 13.7. The second-order valence-corrected chi connectivity index (χ2v) is 12.2. The molecule has 0 aromatic carbocycles. The molecule has 0 bridgehead atoms. The van der Waals surface area contributed by atoms with Gasteiger partial charge in [0, 0.05) is 11.4 Å². The lowest BCUT2D eigenvalue weighted by Gasteiger charge is -2.34. The first-order valence-corrected chi connectivity index (χ1v) is 13.2. The molecule has 0 aliphatic rings. The molecule has 3 atom stereocenters. The highest BCUT2D eigenvalue weighted by molar-refractivity contribution is 5.88. The molecule has 6 heteroatoms. The maximum absolute atomic E-state index is 13.2. The molecule has 0 saturated heterocycles. The fourth-order valence-corrected chi connectivity index (χ4v) is 3.84. The van der Waals surface area contributed by atoms with Crippen molar-refractivity contribution in [1.29, 1.82) is 0 Å². The minimum Gasteiger partial charge on any atom is -0.474 e. The molecule has 6 nitrogen and oxygen atoms in total. The zero-order valence-corrected chi connectivity index (χ0v) is 25.0. The molecule has 3 N–H and O–H groups in total. The zero-order chi connectivity index (χ0) is 27.6. The van der Waals surface area contributed by atoms with Crippen LogP contribution in [-0.2, 0) is 14.3 Å². The van der Waals surface area contributed by atoms with Crippen molar-refractivity contribution in [3.05, 3.63) is 23.4 Å². The number of esters is 1. The zero-order valence-electron chi connectivity index (χ0n) is 25.0. The topological polar surface area (TPSA) is 85.9 Å². The predicted molar refractivity (Wildman–Crippen MR) is 149 cm³/mol. The first kappa shape index (κ1) is 33.0. The van der Waals surface area contributed by atoms with Crippen molar-refractivity contribution in [2.45, 2.75) is 121 Å². The summed E-state index contributed by atoms with van der Waals surface area (Å²) in [5.74, 6) is 0.990. The van der Waals surface area contributed by atoms with Crippen molar-refractivity contribution in [1.82, 2.24) is 5.32 Å². The molecule has 2 unspecified atom stereocenters. The smallest absolute Gasteiger partial charge is 0.328 e. The highest BCUT2D eigenvalue weighted by atomic mass is 16.5. The molecule has 0 heterocycles. The van der Waals surface area contributed by atoms with Crippen LogP contribution in [0.3, 0.4) is 0 Å². The summed E-state index contributed by atoms with van der Waals surface area (Å²) in [6, 6.07) is -0.515. The van der Waals surface area contributed by atoms with Gasteiger partial charge >= 0.3 is 5.97 Å². The van der Waals surface area contributed by atoms with E-state index in [1.54, 1.807) is 0 Å². The first-order chi connectivity index (χ1) is 15.9. The molecule has 0 spiro atoms. The average molecular weight is 494 g/mol. The van der Waals surface area contributed by atoms with Gasteiger partial charge in [-0.1, -0.05) is 48.5 Å². The van der Waals surface area contributed by atoms with Gasteiger partial charge in [-0.15, -0.1) is 0 Å². The van der Waals surface area contributed by atoms with E-state index in [-0.39, 0.29) is 28.8 Å². The third kappa shape index (κ3) is 13.6. The SMILES string of the molecule is C/C=C(/N[C@H](C(=O)OCC(C)C)C(C)CC(C)(C)C/C(=N/C(C)=C(/C)N)C(C)CC)OC(C)(C)C. The number of nitrogens with two attached hydrogens (primary N) is 1. The number of carbonyl (C=O) groups excluding carboxylic acids is 1. The number of aliphatic imine (C=N–C) groups is 1. The van der Waals surface area contributed by atoms with Gasteiger partial charge in [-0.05, 0) is 90.0 Å². The minimum atomic E-state index is -0.515. The quantitative estimate of drug-likeness (QED) is 0.155. The Morgan fingerprint density at radius 1 is 1.09 bits per heavy atom. The number of nitrogens with zero attached hydrogens (tertiary/aromatic N) is 1. The maximum Gasteiger partial charge on any atom is 0.328 e. The summed E-state index contributed by atoms with van der Waals surface area (Å²) >= 11 is 0. The standard InChI is InChI=1S/C29H55N3O3/c1-14-20(5)24(31-23(8)22(7)30)17-29(12,13)16-21(6)26(27(33)34-18-19(3)4)32-25(15-2)35-28(9,10)11/h15,19-21,26,32H,14,16-18,30H2,1-13H3/b23-22-,25-15-,31-24-/t20?,21?,26-/m0/s1. The van der Waals surface area contributed by atoms with Crippen LogP contribution in [0.1, 0.15) is 109 Å². The van der Waals surface area contributed by atoms with Crippen LogP contribution in [0.4, 0.5) is 0 Å². The Morgan fingerprint density at radius 3 is 2.09 bits per heavy atom. The second-order valence-electron chi connectivity index (χ2n) is 12.2. The molecular formula is C29H55N3O3. The first-order valence-electron chi connectivity index (χ1n) is 13.2. The van der Waals surface area contributed by atoms with Gasteiger partial charge in [0.1, 0.15) is 11.6 Å². The van der Waals surface area contributed by atoms with Crippen molar-refractivity contribution in [3.63, 3.8) is 0 Å². The van der Waals surface area contributed by atoms with E-state index in [1.165, 1.54) is 0 Å². The monoisotopic (exact) mass is 493 g/mol. The maximum atomic E-state index is 13.2. The van der Waals surface area contributed by atoms with Crippen molar-refractivity contribution in [2.75, 3.05) is 6.61 Å². The van der Waals surface area contributed by atoms with Gasteiger partial charge < -0.3 is 20.5 Å². The fourth-order valence-electron chi connectivity index (χ4n) is 3.84. The number of carbonyl (C=O) groups is 1. The predicted octanol–water partition coefficient (Wildman–Crippen LogP) is 6.96.